The zero-order chi connectivity index (χ0) is 13.9. The van der Waals surface area contributed by atoms with E-state index in [4.69, 9.17) is 10.5 Å². The van der Waals surface area contributed by atoms with Gasteiger partial charge < -0.3 is 15.8 Å². The molecule has 5 heteroatoms. The molecule has 2 heterocycles. The van der Waals surface area contributed by atoms with Gasteiger partial charge in [0.15, 0.2) is 0 Å². The van der Waals surface area contributed by atoms with Crippen molar-refractivity contribution in [2.75, 3.05) is 25.5 Å². The number of fused-ring (bicyclic) bond motifs is 1. The Balaban J connectivity index is 1.82. The molecule has 0 aliphatic carbocycles. The van der Waals surface area contributed by atoms with E-state index in [9.17, 15) is 4.79 Å². The first-order valence-electron chi connectivity index (χ1n) is 6.75. The van der Waals surface area contributed by atoms with E-state index in [0.717, 1.165) is 30.4 Å². The van der Waals surface area contributed by atoms with Crippen molar-refractivity contribution in [3.05, 3.63) is 36.0 Å². The molecule has 1 atom stereocenters. The molecule has 0 spiro atoms. The van der Waals surface area contributed by atoms with Crippen LogP contribution in [0.15, 0.2) is 30.5 Å². The highest BCUT2D eigenvalue weighted by atomic mass is 16.5. The number of nitrogens with zero attached hydrogens (tertiary/aromatic N) is 1. The molecule has 1 fully saturated rings. The van der Waals surface area contributed by atoms with Gasteiger partial charge in [0.1, 0.15) is 5.82 Å². The third kappa shape index (κ3) is 2.44. The Morgan fingerprint density at radius 1 is 1.40 bits per heavy atom. The molecule has 20 heavy (non-hydrogen) atoms. The number of hydrogen-bond donors (Lipinski definition) is 2. The number of benzene rings is 1. The van der Waals surface area contributed by atoms with E-state index in [1.54, 1.807) is 0 Å². The molecule has 1 saturated heterocycles. The summed E-state index contributed by atoms with van der Waals surface area (Å²) in [6, 6.07) is 7.54. The van der Waals surface area contributed by atoms with Crippen LogP contribution in [0.5, 0.6) is 0 Å². The van der Waals surface area contributed by atoms with Crippen LogP contribution in [0.3, 0.4) is 0 Å². The molecule has 1 aromatic carbocycles. The van der Waals surface area contributed by atoms with Crippen molar-refractivity contribution in [1.29, 1.82) is 0 Å². The predicted molar refractivity (Wildman–Crippen MR) is 77.4 cm³/mol. The summed E-state index contributed by atoms with van der Waals surface area (Å²) in [6.45, 7) is 2.14. The lowest BCUT2D eigenvalue weighted by Crippen LogP contribution is -2.29. The Hall–Kier alpha value is -2.14. The maximum Gasteiger partial charge on any atom is 0.253 e. The molecule has 0 bridgehead atoms. The first-order chi connectivity index (χ1) is 9.75. The molecule has 1 amide bonds. The van der Waals surface area contributed by atoms with Crippen molar-refractivity contribution in [1.82, 2.24) is 10.3 Å². The summed E-state index contributed by atoms with van der Waals surface area (Å²) in [5.74, 6) is 0.744. The molecule has 0 saturated carbocycles. The molecule has 2 aromatic rings. The van der Waals surface area contributed by atoms with Crippen molar-refractivity contribution in [2.24, 2.45) is 5.92 Å². The predicted octanol–water partition coefficient (Wildman–Crippen LogP) is 1.58. The minimum absolute atomic E-state index is 0.111. The number of ether oxygens (including phenoxy) is 1. The fraction of sp³-hybridized carbons (Fsp3) is 0.333. The largest absolute Gasteiger partial charge is 0.383 e. The second kappa shape index (κ2) is 5.46. The Morgan fingerprint density at radius 3 is 2.95 bits per heavy atom. The van der Waals surface area contributed by atoms with Crippen LogP contribution in [0.2, 0.25) is 0 Å². The molecule has 1 aromatic heterocycles. The van der Waals surface area contributed by atoms with Crippen LogP contribution in [-0.2, 0) is 4.74 Å². The Morgan fingerprint density at radius 2 is 2.20 bits per heavy atom. The molecule has 5 nitrogen and oxygen atoms in total. The van der Waals surface area contributed by atoms with Crippen molar-refractivity contribution in [3.8, 4) is 0 Å². The molecule has 0 radical (unpaired) electrons. The van der Waals surface area contributed by atoms with E-state index in [2.05, 4.69) is 10.3 Å². The van der Waals surface area contributed by atoms with E-state index in [-0.39, 0.29) is 5.91 Å². The summed E-state index contributed by atoms with van der Waals surface area (Å²) in [5, 5.41) is 4.60. The minimum atomic E-state index is -0.111. The first kappa shape index (κ1) is 12.9. The van der Waals surface area contributed by atoms with Gasteiger partial charge in [-0.1, -0.05) is 24.3 Å². The van der Waals surface area contributed by atoms with Gasteiger partial charge in [0, 0.05) is 30.7 Å². The summed E-state index contributed by atoms with van der Waals surface area (Å²) in [7, 11) is 0. The number of nitrogens with one attached hydrogen (secondary N) is 1. The van der Waals surface area contributed by atoms with Crippen molar-refractivity contribution in [3.63, 3.8) is 0 Å². The van der Waals surface area contributed by atoms with Gasteiger partial charge in [-0.3, -0.25) is 4.79 Å². The van der Waals surface area contributed by atoms with Gasteiger partial charge in [-0.05, 0) is 11.8 Å². The fourth-order valence-corrected chi connectivity index (χ4v) is 2.47. The number of hydrogen-bond acceptors (Lipinski definition) is 4. The molecule has 3 N–H and O–H groups in total. The van der Waals surface area contributed by atoms with Crippen LogP contribution < -0.4 is 11.1 Å². The van der Waals surface area contributed by atoms with Gasteiger partial charge in [0.2, 0.25) is 0 Å². The molecule has 1 aliphatic rings. The summed E-state index contributed by atoms with van der Waals surface area (Å²) >= 11 is 0. The lowest BCUT2D eigenvalue weighted by molar-refractivity contribution is 0.0946. The maximum absolute atomic E-state index is 12.3. The average Bonchev–Trinajstić information content (AvgIpc) is 2.99. The highest BCUT2D eigenvalue weighted by Gasteiger charge is 2.18. The Kier molecular flexibility index (Phi) is 3.52. The van der Waals surface area contributed by atoms with Crippen molar-refractivity contribution < 1.29 is 9.53 Å². The van der Waals surface area contributed by atoms with Gasteiger partial charge in [-0.2, -0.15) is 0 Å². The van der Waals surface area contributed by atoms with Gasteiger partial charge in [0.25, 0.3) is 5.91 Å². The Bertz CT molecular complexity index is 636. The minimum Gasteiger partial charge on any atom is -0.383 e. The third-order valence-electron chi connectivity index (χ3n) is 3.65. The summed E-state index contributed by atoms with van der Waals surface area (Å²) < 4.78 is 5.30. The number of amides is 1. The molecule has 1 unspecified atom stereocenters. The number of anilines is 1. The van der Waals surface area contributed by atoms with Gasteiger partial charge in [-0.15, -0.1) is 0 Å². The second-order valence-electron chi connectivity index (χ2n) is 5.04. The molecular formula is C15H17N3O2. The number of aromatic nitrogens is 1. The quantitative estimate of drug-likeness (QED) is 0.888. The highest BCUT2D eigenvalue weighted by molar-refractivity contribution is 6.08. The van der Waals surface area contributed by atoms with E-state index < -0.39 is 0 Å². The molecule has 1 aliphatic heterocycles. The van der Waals surface area contributed by atoms with Crippen molar-refractivity contribution >= 4 is 22.5 Å². The van der Waals surface area contributed by atoms with Crippen LogP contribution in [0.4, 0.5) is 5.82 Å². The number of pyridine rings is 1. The topological polar surface area (TPSA) is 77.2 Å². The SMILES string of the molecule is Nc1ncc(C(=O)NCC2CCOC2)c2ccccc12. The zero-order valence-electron chi connectivity index (χ0n) is 11.1. The highest BCUT2D eigenvalue weighted by Crippen LogP contribution is 2.22. The van der Waals surface area contributed by atoms with E-state index in [0.29, 0.717) is 23.8 Å². The second-order valence-corrected chi connectivity index (χ2v) is 5.04. The Labute approximate surface area is 117 Å². The third-order valence-corrected chi connectivity index (χ3v) is 3.65. The van der Waals surface area contributed by atoms with Gasteiger partial charge in [-0.25, -0.2) is 4.98 Å². The number of carbonyl (C=O) groups excluding carboxylic acids is 1. The lowest BCUT2D eigenvalue weighted by atomic mass is 10.1. The number of carbonyl (C=O) groups is 1. The summed E-state index contributed by atoms with van der Waals surface area (Å²) in [4.78, 5) is 16.4. The fourth-order valence-electron chi connectivity index (χ4n) is 2.47. The maximum atomic E-state index is 12.3. The smallest absolute Gasteiger partial charge is 0.253 e. The van der Waals surface area contributed by atoms with E-state index in [1.807, 2.05) is 24.3 Å². The van der Waals surface area contributed by atoms with Gasteiger partial charge >= 0.3 is 0 Å². The standard InChI is InChI=1S/C15H17N3O2/c16-14-12-4-2-1-3-11(12)13(8-17-14)15(19)18-7-10-5-6-20-9-10/h1-4,8,10H,5-7,9H2,(H2,16,17)(H,18,19). The van der Waals surface area contributed by atoms with Crippen LogP contribution in [0.25, 0.3) is 10.8 Å². The van der Waals surface area contributed by atoms with Crippen LogP contribution in [-0.4, -0.2) is 30.6 Å². The number of rotatable bonds is 3. The summed E-state index contributed by atoms with van der Waals surface area (Å²) in [6.07, 6.45) is 2.54. The van der Waals surface area contributed by atoms with Gasteiger partial charge in [0.05, 0.1) is 12.2 Å². The van der Waals surface area contributed by atoms with Crippen LogP contribution in [0, 0.1) is 5.92 Å². The van der Waals surface area contributed by atoms with Crippen molar-refractivity contribution in [2.45, 2.75) is 6.42 Å². The molecular weight excluding hydrogens is 254 g/mol. The molecule has 104 valence electrons. The zero-order valence-corrected chi connectivity index (χ0v) is 11.1. The van der Waals surface area contributed by atoms with Crippen LogP contribution in [0.1, 0.15) is 16.8 Å². The van der Waals surface area contributed by atoms with Crippen LogP contribution >= 0.6 is 0 Å². The monoisotopic (exact) mass is 271 g/mol. The average molecular weight is 271 g/mol. The van der Waals surface area contributed by atoms with E-state index in [1.165, 1.54) is 6.20 Å². The first-order valence-corrected chi connectivity index (χ1v) is 6.75. The summed E-state index contributed by atoms with van der Waals surface area (Å²) in [5.41, 5.74) is 6.40. The number of nitrogens with two attached hydrogens (primary N) is 1. The van der Waals surface area contributed by atoms with E-state index >= 15 is 0 Å². The molecule has 3 rings (SSSR count). The number of nitrogen functional groups attached to an aromatic ring is 1. The lowest BCUT2D eigenvalue weighted by Gasteiger charge is -2.11. The normalized spacial score (nSPS) is 18.3.